The molecule has 0 saturated carbocycles. The first-order valence-electron chi connectivity index (χ1n) is 4.95. The van der Waals surface area contributed by atoms with Gasteiger partial charge in [-0.25, -0.2) is 4.39 Å². The summed E-state index contributed by atoms with van der Waals surface area (Å²) in [5.41, 5.74) is 7.45. The molecule has 5 heteroatoms. The zero-order valence-corrected chi connectivity index (χ0v) is 12.2. The predicted molar refractivity (Wildman–Crippen MR) is 74.2 cm³/mol. The standard InChI is InChI=1S/C12H10BrClFNS/c1-6-2-3-7(4-9(6)15)11(16)10-5-8(14)12(13)17-10/h2-5,11H,16H2,1H3. The van der Waals surface area contributed by atoms with Crippen LogP contribution in [0.3, 0.4) is 0 Å². The largest absolute Gasteiger partial charge is 0.320 e. The van der Waals surface area contributed by atoms with E-state index in [9.17, 15) is 4.39 Å². The Morgan fingerprint density at radius 1 is 1.41 bits per heavy atom. The molecule has 1 unspecified atom stereocenters. The highest BCUT2D eigenvalue weighted by Gasteiger charge is 2.15. The lowest BCUT2D eigenvalue weighted by Crippen LogP contribution is -2.10. The van der Waals surface area contributed by atoms with Crippen molar-refractivity contribution < 1.29 is 4.39 Å². The highest BCUT2D eigenvalue weighted by Crippen LogP contribution is 2.36. The molecule has 0 saturated heterocycles. The van der Waals surface area contributed by atoms with E-state index >= 15 is 0 Å². The highest BCUT2D eigenvalue weighted by atomic mass is 79.9. The number of rotatable bonds is 2. The van der Waals surface area contributed by atoms with Crippen LogP contribution in [-0.2, 0) is 0 Å². The van der Waals surface area contributed by atoms with Crippen molar-refractivity contribution in [3.63, 3.8) is 0 Å². The number of benzene rings is 1. The van der Waals surface area contributed by atoms with Gasteiger partial charge in [0.05, 0.1) is 14.9 Å². The van der Waals surface area contributed by atoms with Gasteiger partial charge < -0.3 is 5.73 Å². The van der Waals surface area contributed by atoms with Gasteiger partial charge in [-0.05, 0) is 46.1 Å². The molecule has 0 aliphatic rings. The Balaban J connectivity index is 2.36. The Hall–Kier alpha value is -0.420. The summed E-state index contributed by atoms with van der Waals surface area (Å²) in [6.45, 7) is 1.73. The topological polar surface area (TPSA) is 26.0 Å². The van der Waals surface area contributed by atoms with Crippen molar-refractivity contribution in [1.29, 1.82) is 0 Å². The lowest BCUT2D eigenvalue weighted by molar-refractivity contribution is 0.614. The lowest BCUT2D eigenvalue weighted by Gasteiger charge is -2.10. The first-order valence-corrected chi connectivity index (χ1v) is 6.94. The average Bonchev–Trinajstić information content (AvgIpc) is 2.62. The van der Waals surface area contributed by atoms with Gasteiger partial charge in [0.25, 0.3) is 0 Å². The minimum Gasteiger partial charge on any atom is -0.320 e. The van der Waals surface area contributed by atoms with Crippen LogP contribution in [0.25, 0.3) is 0 Å². The number of nitrogens with two attached hydrogens (primary N) is 1. The Morgan fingerprint density at radius 3 is 2.65 bits per heavy atom. The molecule has 0 spiro atoms. The van der Waals surface area contributed by atoms with Crippen LogP contribution >= 0.6 is 38.9 Å². The van der Waals surface area contributed by atoms with Gasteiger partial charge in [-0.15, -0.1) is 11.3 Å². The van der Waals surface area contributed by atoms with E-state index in [-0.39, 0.29) is 11.9 Å². The van der Waals surface area contributed by atoms with Gasteiger partial charge in [-0.3, -0.25) is 0 Å². The Labute approximate surface area is 117 Å². The van der Waals surface area contributed by atoms with Gasteiger partial charge in [-0.2, -0.15) is 0 Å². The lowest BCUT2D eigenvalue weighted by atomic mass is 10.0. The maximum Gasteiger partial charge on any atom is 0.126 e. The van der Waals surface area contributed by atoms with Gasteiger partial charge in [0.15, 0.2) is 0 Å². The quantitative estimate of drug-likeness (QED) is 0.849. The first-order chi connectivity index (χ1) is 7.99. The molecule has 17 heavy (non-hydrogen) atoms. The van der Waals surface area contributed by atoms with E-state index in [0.29, 0.717) is 10.6 Å². The van der Waals surface area contributed by atoms with Crippen LogP contribution in [0.15, 0.2) is 28.1 Å². The maximum absolute atomic E-state index is 13.5. The molecule has 2 N–H and O–H groups in total. The van der Waals surface area contributed by atoms with Crippen molar-refractivity contribution in [1.82, 2.24) is 0 Å². The van der Waals surface area contributed by atoms with Crippen LogP contribution in [0.5, 0.6) is 0 Å². The molecule has 0 bridgehead atoms. The van der Waals surface area contributed by atoms with E-state index in [4.69, 9.17) is 17.3 Å². The molecular weight excluding hydrogens is 325 g/mol. The molecule has 0 radical (unpaired) electrons. The van der Waals surface area contributed by atoms with Crippen LogP contribution < -0.4 is 5.73 Å². The summed E-state index contributed by atoms with van der Waals surface area (Å²) in [6, 6.07) is 6.50. The van der Waals surface area contributed by atoms with Gasteiger partial charge in [0.1, 0.15) is 5.82 Å². The summed E-state index contributed by atoms with van der Waals surface area (Å²) in [7, 11) is 0. The Morgan fingerprint density at radius 2 is 2.12 bits per heavy atom. The van der Waals surface area contributed by atoms with E-state index < -0.39 is 0 Å². The van der Waals surface area contributed by atoms with Gasteiger partial charge >= 0.3 is 0 Å². The van der Waals surface area contributed by atoms with Crippen molar-refractivity contribution in [2.24, 2.45) is 5.73 Å². The monoisotopic (exact) mass is 333 g/mol. The molecule has 0 fully saturated rings. The summed E-state index contributed by atoms with van der Waals surface area (Å²) >= 11 is 10.8. The first kappa shape index (κ1) is 13.0. The van der Waals surface area contributed by atoms with Crippen molar-refractivity contribution in [3.05, 3.63) is 54.9 Å². The summed E-state index contributed by atoms with van der Waals surface area (Å²) in [5, 5.41) is 0.632. The molecular formula is C12H10BrClFNS. The minimum atomic E-state index is -0.348. The summed E-state index contributed by atoms with van der Waals surface area (Å²) in [4.78, 5) is 0.908. The molecule has 1 heterocycles. The summed E-state index contributed by atoms with van der Waals surface area (Å²) in [5.74, 6) is -0.236. The van der Waals surface area contributed by atoms with Crippen LogP contribution in [-0.4, -0.2) is 0 Å². The fourth-order valence-corrected chi connectivity index (χ4v) is 3.26. The second-order valence-corrected chi connectivity index (χ2v) is 6.57. The predicted octanol–water partition coefficient (Wildman–Crippen LogP) is 4.66. The number of hydrogen-bond donors (Lipinski definition) is 1. The molecule has 0 aliphatic carbocycles. The number of halogens is 3. The van der Waals surface area contributed by atoms with E-state index in [1.807, 2.05) is 6.07 Å². The maximum atomic E-state index is 13.5. The van der Waals surface area contributed by atoms with Crippen molar-refractivity contribution in [2.45, 2.75) is 13.0 Å². The third-order valence-electron chi connectivity index (χ3n) is 2.53. The fraction of sp³-hybridized carbons (Fsp3) is 0.167. The average molecular weight is 335 g/mol. The molecule has 2 aromatic rings. The minimum absolute atomic E-state index is 0.236. The van der Waals surface area contributed by atoms with Crippen LogP contribution in [0.1, 0.15) is 22.0 Å². The van der Waals surface area contributed by atoms with Crippen LogP contribution in [0.2, 0.25) is 5.02 Å². The molecule has 1 aromatic carbocycles. The number of aryl methyl sites for hydroxylation is 1. The zero-order chi connectivity index (χ0) is 12.6. The van der Waals surface area contributed by atoms with Gasteiger partial charge in [0, 0.05) is 4.88 Å². The van der Waals surface area contributed by atoms with E-state index in [1.54, 1.807) is 19.1 Å². The van der Waals surface area contributed by atoms with Crippen molar-refractivity contribution in [2.75, 3.05) is 0 Å². The zero-order valence-electron chi connectivity index (χ0n) is 9.01. The molecule has 1 aromatic heterocycles. The molecule has 0 aliphatic heterocycles. The highest BCUT2D eigenvalue weighted by molar-refractivity contribution is 9.11. The van der Waals surface area contributed by atoms with E-state index in [1.165, 1.54) is 17.4 Å². The summed E-state index contributed by atoms with van der Waals surface area (Å²) < 4.78 is 14.3. The second-order valence-electron chi connectivity index (χ2n) is 3.76. The van der Waals surface area contributed by atoms with Crippen LogP contribution in [0, 0.1) is 12.7 Å². The normalized spacial score (nSPS) is 12.8. The molecule has 90 valence electrons. The Bertz CT molecular complexity index is 536. The third-order valence-corrected chi connectivity index (χ3v) is 5.08. The van der Waals surface area contributed by atoms with E-state index in [2.05, 4.69) is 15.9 Å². The fourth-order valence-electron chi connectivity index (χ4n) is 1.48. The third kappa shape index (κ3) is 2.71. The molecule has 1 nitrogen and oxygen atoms in total. The molecule has 0 amide bonds. The van der Waals surface area contributed by atoms with Gasteiger partial charge in [-0.1, -0.05) is 23.7 Å². The van der Waals surface area contributed by atoms with Crippen molar-refractivity contribution >= 4 is 38.9 Å². The number of hydrogen-bond acceptors (Lipinski definition) is 2. The number of thiophene rings is 1. The molecule has 2 rings (SSSR count). The van der Waals surface area contributed by atoms with Gasteiger partial charge in [0.2, 0.25) is 0 Å². The van der Waals surface area contributed by atoms with E-state index in [0.717, 1.165) is 14.2 Å². The van der Waals surface area contributed by atoms with Crippen molar-refractivity contribution in [3.8, 4) is 0 Å². The molecule has 1 atom stereocenters. The second kappa shape index (κ2) is 5.06. The smallest absolute Gasteiger partial charge is 0.126 e. The Kier molecular flexibility index (Phi) is 3.88. The summed E-state index contributed by atoms with van der Waals surface area (Å²) in [6.07, 6.45) is 0. The SMILES string of the molecule is Cc1ccc(C(N)c2cc(Cl)c(Br)s2)cc1F. The van der Waals surface area contributed by atoms with Crippen LogP contribution in [0.4, 0.5) is 4.39 Å².